The van der Waals surface area contributed by atoms with Gasteiger partial charge in [-0.2, -0.15) is 0 Å². The van der Waals surface area contributed by atoms with Crippen LogP contribution in [0.5, 0.6) is 5.75 Å². The molecule has 0 atom stereocenters. The second-order valence-electron chi connectivity index (χ2n) is 9.53. The van der Waals surface area contributed by atoms with Gasteiger partial charge in [-0.15, -0.1) is 13.2 Å². The molecule has 17 heteroatoms. The van der Waals surface area contributed by atoms with Crippen LogP contribution in [0.3, 0.4) is 0 Å². The van der Waals surface area contributed by atoms with Gasteiger partial charge in [0.25, 0.3) is 6.43 Å². The van der Waals surface area contributed by atoms with Crippen LogP contribution in [0.15, 0.2) is 65.7 Å². The number of rotatable bonds is 9. The number of sulfone groups is 1. The number of imidazole rings is 1. The van der Waals surface area contributed by atoms with Gasteiger partial charge in [0.1, 0.15) is 28.2 Å². The molecule has 1 aromatic heterocycles. The quantitative estimate of drug-likeness (QED) is 0.112. The van der Waals surface area contributed by atoms with E-state index in [2.05, 4.69) is 9.72 Å². The molecule has 0 spiro atoms. The lowest BCUT2D eigenvalue weighted by atomic mass is 10.0. The topological polar surface area (TPSA) is 137 Å². The van der Waals surface area contributed by atoms with Crippen molar-refractivity contribution in [3.05, 3.63) is 94.4 Å². The number of hydrogen-bond acceptors (Lipinski definition) is 8. The Labute approximate surface area is 257 Å². The van der Waals surface area contributed by atoms with Crippen LogP contribution < -0.4 is 21.3 Å². The molecule has 0 aliphatic rings. The summed E-state index contributed by atoms with van der Waals surface area (Å²) in [4.78, 5) is 3.37. The largest absolute Gasteiger partial charge is 0.573 e. The third kappa shape index (κ3) is 7.03. The van der Waals surface area contributed by atoms with Crippen LogP contribution in [0.1, 0.15) is 29.1 Å². The zero-order valence-electron chi connectivity index (χ0n) is 23.3. The van der Waals surface area contributed by atoms with Crippen LogP contribution in [0.2, 0.25) is 5.15 Å². The van der Waals surface area contributed by atoms with Crippen molar-refractivity contribution in [1.29, 1.82) is 0 Å². The molecule has 9 nitrogen and oxygen atoms in total. The Morgan fingerprint density at radius 2 is 1.78 bits per heavy atom. The highest BCUT2D eigenvalue weighted by atomic mass is 35.5. The fraction of sp³-hybridized carbons (Fsp3) is 0.179. The monoisotopic (exact) mass is 675 g/mol. The number of nitrogens with zero attached hydrogens (tertiary/aromatic N) is 3. The maximum Gasteiger partial charge on any atom is 0.573 e. The zero-order valence-corrected chi connectivity index (χ0v) is 24.9. The SMILES string of the molecule is Cc1nc(C(F)F)c(Cl)n1-c1ccc(-c2cc(F)c(CO)c(S(C)(=O)=O)c2)cc1N(N)/C(=C\N)c1ccc(OC(F)(F)F)cc1. The second-order valence-corrected chi connectivity index (χ2v) is 11.9. The van der Waals surface area contributed by atoms with Gasteiger partial charge in [-0.25, -0.2) is 32.4 Å². The van der Waals surface area contributed by atoms with Gasteiger partial charge in [0.2, 0.25) is 0 Å². The minimum Gasteiger partial charge on any atom is -0.406 e. The molecule has 5 N–H and O–H groups in total. The molecular formula is C28H24ClF6N5O4S. The Morgan fingerprint density at radius 1 is 1.13 bits per heavy atom. The van der Waals surface area contributed by atoms with E-state index < -0.39 is 62.1 Å². The first-order valence-electron chi connectivity index (χ1n) is 12.6. The number of hydrazine groups is 1. The molecular weight excluding hydrogens is 652 g/mol. The molecule has 1 heterocycles. The van der Waals surface area contributed by atoms with Gasteiger partial charge in [0.15, 0.2) is 9.84 Å². The number of aliphatic hydroxyl groups is 1. The van der Waals surface area contributed by atoms with E-state index in [4.69, 9.17) is 23.2 Å². The number of nitrogens with two attached hydrogens (primary N) is 2. The number of aliphatic hydroxyl groups excluding tert-OH is 1. The minimum atomic E-state index is -4.94. The van der Waals surface area contributed by atoms with Crippen LogP contribution in [-0.2, 0) is 16.4 Å². The molecule has 4 rings (SSSR count). The van der Waals surface area contributed by atoms with Crippen molar-refractivity contribution in [1.82, 2.24) is 9.55 Å². The summed E-state index contributed by atoms with van der Waals surface area (Å²) < 4.78 is 110. The van der Waals surface area contributed by atoms with E-state index in [1.54, 1.807) is 0 Å². The Kier molecular flexibility index (Phi) is 9.44. The van der Waals surface area contributed by atoms with Crippen LogP contribution >= 0.6 is 11.6 Å². The van der Waals surface area contributed by atoms with Gasteiger partial charge in [-0.1, -0.05) is 17.7 Å². The lowest BCUT2D eigenvalue weighted by molar-refractivity contribution is -0.274. The first kappa shape index (κ1) is 33.6. The molecule has 0 fully saturated rings. The lowest BCUT2D eigenvalue weighted by Gasteiger charge is -2.26. The van der Waals surface area contributed by atoms with Crippen LogP contribution in [0.25, 0.3) is 22.5 Å². The summed E-state index contributed by atoms with van der Waals surface area (Å²) in [5.74, 6) is 4.99. The summed E-state index contributed by atoms with van der Waals surface area (Å²) in [7, 11) is -4.00. The number of anilines is 1. The van der Waals surface area contributed by atoms with Gasteiger partial charge in [0.05, 0.1) is 28.6 Å². The Balaban J connectivity index is 1.94. The summed E-state index contributed by atoms with van der Waals surface area (Å²) in [5.41, 5.74) is 5.21. The number of benzene rings is 3. The van der Waals surface area contributed by atoms with E-state index in [0.717, 1.165) is 46.3 Å². The van der Waals surface area contributed by atoms with E-state index in [-0.39, 0.29) is 39.6 Å². The number of ether oxygens (including phenoxy) is 1. The molecule has 0 saturated carbocycles. The Morgan fingerprint density at radius 3 is 2.29 bits per heavy atom. The number of hydrogen-bond donors (Lipinski definition) is 3. The first-order chi connectivity index (χ1) is 21.0. The Bertz CT molecular complexity index is 1880. The summed E-state index contributed by atoms with van der Waals surface area (Å²) in [5, 5.41) is 10.1. The fourth-order valence-corrected chi connectivity index (χ4v) is 5.85. The average molecular weight is 676 g/mol. The van der Waals surface area contributed by atoms with Crippen LogP contribution in [0, 0.1) is 12.7 Å². The van der Waals surface area contributed by atoms with E-state index >= 15 is 0 Å². The predicted molar refractivity (Wildman–Crippen MR) is 155 cm³/mol. The highest BCUT2D eigenvalue weighted by molar-refractivity contribution is 7.90. The van der Waals surface area contributed by atoms with Crippen molar-refractivity contribution in [2.45, 2.75) is 31.2 Å². The molecule has 0 saturated heterocycles. The number of halogens is 7. The molecule has 3 aromatic carbocycles. The van der Waals surface area contributed by atoms with Gasteiger partial charge in [-0.05, 0) is 66.6 Å². The zero-order chi connectivity index (χ0) is 33.4. The van der Waals surface area contributed by atoms with Crippen molar-refractivity contribution >= 4 is 32.8 Å². The van der Waals surface area contributed by atoms with E-state index in [1.807, 2.05) is 0 Å². The number of aromatic nitrogens is 2. The third-order valence-electron chi connectivity index (χ3n) is 6.54. The van der Waals surface area contributed by atoms with Gasteiger partial charge < -0.3 is 15.6 Å². The highest BCUT2D eigenvalue weighted by Gasteiger charge is 2.31. The molecule has 0 amide bonds. The molecule has 0 aliphatic heterocycles. The molecule has 4 aromatic rings. The van der Waals surface area contributed by atoms with E-state index in [9.17, 15) is 39.9 Å². The summed E-state index contributed by atoms with van der Waals surface area (Å²) >= 11 is 6.29. The number of alkyl halides is 5. The first-order valence-corrected chi connectivity index (χ1v) is 14.9. The summed E-state index contributed by atoms with van der Waals surface area (Å²) in [6.45, 7) is 0.508. The molecule has 45 heavy (non-hydrogen) atoms. The maximum atomic E-state index is 15.0. The molecule has 0 bridgehead atoms. The van der Waals surface area contributed by atoms with Gasteiger partial charge in [0, 0.05) is 23.6 Å². The minimum absolute atomic E-state index is 0.00409. The van der Waals surface area contributed by atoms with E-state index in [0.29, 0.717) is 0 Å². The third-order valence-corrected chi connectivity index (χ3v) is 8.07. The highest BCUT2D eigenvalue weighted by Crippen LogP contribution is 2.39. The molecule has 240 valence electrons. The smallest absolute Gasteiger partial charge is 0.406 e. The normalized spacial score (nSPS) is 12.6. The van der Waals surface area contributed by atoms with Crippen molar-refractivity contribution in [3.63, 3.8) is 0 Å². The van der Waals surface area contributed by atoms with E-state index in [1.165, 1.54) is 37.3 Å². The van der Waals surface area contributed by atoms with Crippen LogP contribution in [-0.4, -0.2) is 35.7 Å². The molecule has 0 unspecified atom stereocenters. The van der Waals surface area contributed by atoms with Crippen molar-refractivity contribution in [2.75, 3.05) is 11.3 Å². The standard InChI is InChI=1S/C28H24ClF6N5O4S/c1-14-38-25(27(31)32)26(29)39(14)21-8-5-16(17-9-20(30)19(13-41)24(11-17)45(2,42)43)10-22(21)40(37)23(12-36)15-3-6-18(7-4-15)44-28(33,34)35/h3-12,27,41H,13,36-37H2,1-2H3/b23-12-. The molecule has 0 radical (unpaired) electrons. The van der Waals surface area contributed by atoms with Crippen molar-refractivity contribution < 1.29 is 44.6 Å². The number of aryl methyl sites for hydroxylation is 1. The van der Waals surface area contributed by atoms with Gasteiger partial charge in [-0.3, -0.25) is 9.58 Å². The Hall–Kier alpha value is -4.25. The molecule has 0 aliphatic carbocycles. The summed E-state index contributed by atoms with van der Waals surface area (Å²) in [6.07, 6.45) is -6.10. The van der Waals surface area contributed by atoms with Gasteiger partial charge >= 0.3 is 6.36 Å². The second kappa shape index (κ2) is 12.6. The van der Waals surface area contributed by atoms with Crippen LogP contribution in [0.4, 0.5) is 32.0 Å². The summed E-state index contributed by atoms with van der Waals surface area (Å²) in [6, 6.07) is 10.8. The van der Waals surface area contributed by atoms with Crippen molar-refractivity contribution in [3.8, 4) is 22.6 Å². The van der Waals surface area contributed by atoms with Crippen molar-refractivity contribution in [2.24, 2.45) is 11.6 Å². The fourth-order valence-electron chi connectivity index (χ4n) is 4.57. The lowest BCUT2D eigenvalue weighted by Crippen LogP contribution is -2.31. The average Bonchev–Trinajstić information content (AvgIpc) is 3.25. The predicted octanol–water partition coefficient (Wildman–Crippen LogP) is 6.01. The maximum absolute atomic E-state index is 15.0.